The average molecular weight is 302 g/mol. The number of aryl methyl sites for hydroxylation is 1. The van der Waals surface area contributed by atoms with Crippen LogP contribution in [-0.4, -0.2) is 41.7 Å². The summed E-state index contributed by atoms with van der Waals surface area (Å²) in [6, 6.07) is 6.71. The zero-order chi connectivity index (χ0) is 14.0. The van der Waals surface area contributed by atoms with E-state index in [1.54, 1.807) is 29.3 Å². The first-order valence-corrected chi connectivity index (χ1v) is 8.96. The van der Waals surface area contributed by atoms with Crippen LogP contribution >= 0.6 is 0 Å². The van der Waals surface area contributed by atoms with E-state index in [1.807, 2.05) is 13.8 Å². The average Bonchev–Trinajstić information content (AvgIpc) is 2.34. The van der Waals surface area contributed by atoms with Crippen molar-refractivity contribution in [3.63, 3.8) is 0 Å². The summed E-state index contributed by atoms with van der Waals surface area (Å²) < 4.78 is 35.9. The molecule has 7 heteroatoms. The van der Waals surface area contributed by atoms with E-state index in [2.05, 4.69) is 4.83 Å². The highest BCUT2D eigenvalue weighted by Crippen LogP contribution is 2.12. The first kappa shape index (κ1) is 14.6. The van der Waals surface area contributed by atoms with Crippen LogP contribution in [0.25, 0.3) is 0 Å². The third-order valence-electron chi connectivity index (χ3n) is 3.07. The monoisotopic (exact) mass is 302 g/mol. The van der Waals surface area contributed by atoms with E-state index in [9.17, 15) is 12.6 Å². The fourth-order valence-electron chi connectivity index (χ4n) is 1.91. The van der Waals surface area contributed by atoms with Gasteiger partial charge in [0.05, 0.1) is 4.90 Å². The third-order valence-corrected chi connectivity index (χ3v) is 6.09. The van der Waals surface area contributed by atoms with Crippen LogP contribution in [-0.2, 0) is 20.8 Å². The molecular formula is C12H18N2O3S2. The third kappa shape index (κ3) is 3.62. The molecule has 0 radical (unpaired) electrons. The van der Waals surface area contributed by atoms with E-state index in [-0.39, 0.29) is 10.1 Å². The van der Waals surface area contributed by atoms with Crippen LogP contribution in [0, 0.1) is 6.92 Å². The van der Waals surface area contributed by atoms with Crippen molar-refractivity contribution in [2.75, 3.05) is 18.8 Å². The van der Waals surface area contributed by atoms with E-state index in [1.165, 1.54) is 0 Å². The molecule has 2 atom stereocenters. The molecule has 0 aromatic heterocycles. The summed E-state index contributed by atoms with van der Waals surface area (Å²) in [5.41, 5.74) is 1.01. The zero-order valence-electron chi connectivity index (χ0n) is 11.0. The normalized spacial score (nSPS) is 25.4. The lowest BCUT2D eigenvalue weighted by atomic mass is 10.2. The molecule has 2 rings (SSSR count). The van der Waals surface area contributed by atoms with Gasteiger partial charge in [-0.2, -0.15) is 0 Å². The van der Waals surface area contributed by atoms with Crippen molar-refractivity contribution in [1.29, 1.82) is 0 Å². The van der Waals surface area contributed by atoms with Crippen LogP contribution in [0.15, 0.2) is 29.2 Å². The molecule has 1 fully saturated rings. The van der Waals surface area contributed by atoms with Gasteiger partial charge in [-0.3, -0.25) is 4.21 Å². The zero-order valence-corrected chi connectivity index (χ0v) is 12.6. The summed E-state index contributed by atoms with van der Waals surface area (Å²) in [6.45, 7) is 4.72. The van der Waals surface area contributed by atoms with Crippen LogP contribution in [0.5, 0.6) is 0 Å². The minimum absolute atomic E-state index is 0.0190. The van der Waals surface area contributed by atoms with Crippen LogP contribution in [0.2, 0.25) is 0 Å². The lowest BCUT2D eigenvalue weighted by molar-refractivity contribution is 0.249. The smallest absolute Gasteiger partial charge is 0.253 e. The summed E-state index contributed by atoms with van der Waals surface area (Å²) >= 11 is 0. The Balaban J connectivity index is 2.09. The van der Waals surface area contributed by atoms with Gasteiger partial charge in [-0.25, -0.2) is 13.4 Å². The number of nitrogens with one attached hydrogen (secondary N) is 1. The van der Waals surface area contributed by atoms with Gasteiger partial charge in [-0.05, 0) is 26.0 Å². The van der Waals surface area contributed by atoms with Gasteiger partial charge >= 0.3 is 0 Å². The van der Waals surface area contributed by atoms with E-state index in [0.717, 1.165) is 5.56 Å². The largest absolute Gasteiger partial charge is 0.259 e. The Morgan fingerprint density at radius 3 is 2.53 bits per heavy atom. The first-order chi connectivity index (χ1) is 8.88. The SMILES string of the molecule is Cc1ccc(S(=O)(=O)NN2CC[S@@](=O)[C@@H](C)C2)cc1. The summed E-state index contributed by atoms with van der Waals surface area (Å²) in [4.78, 5) is 2.80. The number of hydrazine groups is 1. The molecule has 19 heavy (non-hydrogen) atoms. The highest BCUT2D eigenvalue weighted by atomic mass is 32.2. The molecule has 1 aliphatic heterocycles. The Morgan fingerprint density at radius 1 is 1.32 bits per heavy atom. The highest BCUT2D eigenvalue weighted by Gasteiger charge is 2.26. The van der Waals surface area contributed by atoms with Crippen molar-refractivity contribution in [3.05, 3.63) is 29.8 Å². The summed E-state index contributed by atoms with van der Waals surface area (Å²) in [7, 11) is -4.40. The molecule has 0 aliphatic carbocycles. The van der Waals surface area contributed by atoms with Gasteiger partial charge in [0, 0.05) is 34.9 Å². The van der Waals surface area contributed by atoms with Gasteiger partial charge in [0.15, 0.2) is 0 Å². The number of hydrogen-bond acceptors (Lipinski definition) is 4. The van der Waals surface area contributed by atoms with Crippen molar-refractivity contribution in [2.24, 2.45) is 0 Å². The summed E-state index contributed by atoms with van der Waals surface area (Å²) in [6.07, 6.45) is 0. The molecule has 0 saturated carbocycles. The highest BCUT2D eigenvalue weighted by molar-refractivity contribution is 7.89. The number of nitrogens with zero attached hydrogens (tertiary/aromatic N) is 1. The second kappa shape index (κ2) is 5.70. The van der Waals surface area contributed by atoms with Crippen molar-refractivity contribution >= 4 is 20.8 Å². The van der Waals surface area contributed by atoms with Crippen molar-refractivity contribution in [1.82, 2.24) is 9.84 Å². The minimum Gasteiger partial charge on any atom is -0.259 e. The van der Waals surface area contributed by atoms with Crippen LogP contribution in [0.4, 0.5) is 0 Å². The van der Waals surface area contributed by atoms with Gasteiger partial charge in [0.2, 0.25) is 0 Å². The van der Waals surface area contributed by atoms with Gasteiger partial charge in [0.1, 0.15) is 0 Å². The maximum absolute atomic E-state index is 12.2. The topological polar surface area (TPSA) is 66.5 Å². The number of hydrogen-bond donors (Lipinski definition) is 1. The Morgan fingerprint density at radius 2 is 1.95 bits per heavy atom. The lowest BCUT2D eigenvalue weighted by Crippen LogP contribution is -2.51. The van der Waals surface area contributed by atoms with E-state index in [0.29, 0.717) is 18.8 Å². The molecule has 0 bridgehead atoms. The van der Waals surface area contributed by atoms with Gasteiger partial charge in [-0.1, -0.05) is 17.7 Å². The lowest BCUT2D eigenvalue weighted by Gasteiger charge is -2.30. The predicted octanol–water partition coefficient (Wildman–Crippen LogP) is 0.641. The van der Waals surface area contributed by atoms with Crippen LogP contribution in [0.1, 0.15) is 12.5 Å². The molecule has 106 valence electrons. The van der Waals surface area contributed by atoms with Crippen molar-refractivity contribution in [2.45, 2.75) is 24.0 Å². The van der Waals surface area contributed by atoms with E-state index < -0.39 is 20.8 Å². The Labute approximate surface area is 116 Å². The second-order valence-electron chi connectivity index (χ2n) is 4.75. The molecule has 1 heterocycles. The van der Waals surface area contributed by atoms with E-state index in [4.69, 9.17) is 0 Å². The van der Waals surface area contributed by atoms with Crippen LogP contribution in [0.3, 0.4) is 0 Å². The Hall–Kier alpha value is -0.760. The quantitative estimate of drug-likeness (QED) is 0.890. The fraction of sp³-hybridized carbons (Fsp3) is 0.500. The predicted molar refractivity (Wildman–Crippen MR) is 75.5 cm³/mol. The molecule has 1 N–H and O–H groups in total. The molecule has 0 spiro atoms. The van der Waals surface area contributed by atoms with Crippen molar-refractivity contribution in [3.8, 4) is 0 Å². The Bertz CT molecular complexity index is 569. The molecule has 5 nitrogen and oxygen atoms in total. The van der Waals surface area contributed by atoms with Crippen LogP contribution < -0.4 is 4.83 Å². The fourth-order valence-corrected chi connectivity index (χ4v) is 4.16. The van der Waals surface area contributed by atoms with Crippen molar-refractivity contribution < 1.29 is 12.6 Å². The molecule has 1 saturated heterocycles. The first-order valence-electron chi connectivity index (χ1n) is 6.10. The number of rotatable bonds is 3. The summed E-state index contributed by atoms with van der Waals surface area (Å²) in [5.74, 6) is 0.498. The molecule has 1 aliphatic rings. The minimum atomic E-state index is -3.54. The van der Waals surface area contributed by atoms with Gasteiger partial charge in [-0.15, -0.1) is 4.83 Å². The second-order valence-corrected chi connectivity index (χ2v) is 8.38. The number of sulfonamides is 1. The van der Waals surface area contributed by atoms with E-state index >= 15 is 0 Å². The maximum atomic E-state index is 12.2. The molecule has 0 unspecified atom stereocenters. The van der Waals surface area contributed by atoms with Gasteiger partial charge < -0.3 is 0 Å². The van der Waals surface area contributed by atoms with Gasteiger partial charge in [0.25, 0.3) is 10.0 Å². The molecule has 1 aromatic rings. The molecule has 1 aromatic carbocycles. The summed E-state index contributed by atoms with van der Waals surface area (Å²) in [5, 5.41) is 1.61. The Kier molecular flexibility index (Phi) is 4.39. The standard InChI is InChI=1S/C12H18N2O3S2/c1-10-3-5-12(6-4-10)19(16,17)13-14-7-8-18(15)11(2)9-14/h3-6,11,13H,7-9H2,1-2H3/t11-,18+/m0/s1. The molecule has 0 amide bonds. The molecular weight excluding hydrogens is 284 g/mol. The number of benzene rings is 1. The maximum Gasteiger partial charge on any atom is 0.253 e.